The van der Waals surface area contributed by atoms with E-state index in [1.165, 1.54) is 20.3 Å². The van der Waals surface area contributed by atoms with Crippen molar-refractivity contribution in [2.24, 2.45) is 0 Å². The molecule has 1 aliphatic rings. The summed E-state index contributed by atoms with van der Waals surface area (Å²) in [7, 11) is 2.77. The molecule has 0 radical (unpaired) electrons. The minimum Gasteiger partial charge on any atom is -0.494 e. The molecule has 41 heavy (non-hydrogen) atoms. The van der Waals surface area contributed by atoms with Gasteiger partial charge in [-0.3, -0.25) is 4.90 Å². The van der Waals surface area contributed by atoms with Crippen LogP contribution in [-0.4, -0.2) is 49.4 Å². The molecular formula is C33H38FNO6. The molecule has 1 unspecified atom stereocenters. The molecule has 1 heterocycles. The zero-order valence-electron chi connectivity index (χ0n) is 24.7. The molecule has 0 spiro atoms. The van der Waals surface area contributed by atoms with Gasteiger partial charge < -0.3 is 18.9 Å². The molecule has 0 aromatic heterocycles. The van der Waals surface area contributed by atoms with E-state index in [-0.39, 0.29) is 18.2 Å². The van der Waals surface area contributed by atoms with E-state index in [1.807, 2.05) is 71.0 Å². The number of nitrogens with zero attached hydrogens (tertiary/aromatic N) is 1. The molecule has 4 rings (SSSR count). The lowest BCUT2D eigenvalue weighted by Gasteiger charge is -2.38. The molecule has 7 nitrogen and oxygen atoms in total. The lowest BCUT2D eigenvalue weighted by atomic mass is 9.81. The van der Waals surface area contributed by atoms with Crippen molar-refractivity contribution >= 4 is 12.1 Å². The standard InChI is InChI=1S/C33H38FNO6/c1-20-12-13-23(31(36)39-7)16-26(20)27-18-24(40-29-11-9-8-10-25(27)29)19-35(32(37)41-33(3,4)5)21(2)22-14-15-28(34)30(17-22)38-6/h8-17,21,24,27H,18-19H2,1-7H3/t21-,24-,27?/m1/s1. The Bertz CT molecular complexity index is 1420. The van der Waals surface area contributed by atoms with Crippen LogP contribution in [0.2, 0.25) is 0 Å². The summed E-state index contributed by atoms with van der Waals surface area (Å²) in [5, 5.41) is 0. The van der Waals surface area contributed by atoms with Crippen LogP contribution in [0.4, 0.5) is 9.18 Å². The first kappa shape index (κ1) is 29.9. The van der Waals surface area contributed by atoms with Gasteiger partial charge in [0.15, 0.2) is 11.6 Å². The molecule has 8 heteroatoms. The third-order valence-corrected chi connectivity index (χ3v) is 7.32. The third kappa shape index (κ3) is 6.81. The molecule has 0 bridgehead atoms. The average molecular weight is 564 g/mol. The Hall–Kier alpha value is -4.07. The van der Waals surface area contributed by atoms with Crippen LogP contribution in [0, 0.1) is 12.7 Å². The van der Waals surface area contributed by atoms with Crippen molar-refractivity contribution < 1.29 is 32.9 Å². The first-order valence-corrected chi connectivity index (χ1v) is 13.7. The Morgan fingerprint density at radius 1 is 1.05 bits per heavy atom. The van der Waals surface area contributed by atoms with Crippen molar-refractivity contribution in [1.29, 1.82) is 0 Å². The summed E-state index contributed by atoms with van der Waals surface area (Å²) in [5.74, 6) is -0.148. The predicted octanol–water partition coefficient (Wildman–Crippen LogP) is 7.21. The van der Waals surface area contributed by atoms with E-state index >= 15 is 0 Å². The van der Waals surface area contributed by atoms with Gasteiger partial charge in [0, 0.05) is 11.5 Å². The minimum absolute atomic E-state index is 0.0868. The summed E-state index contributed by atoms with van der Waals surface area (Å²) >= 11 is 0. The predicted molar refractivity (Wildman–Crippen MR) is 154 cm³/mol. The van der Waals surface area contributed by atoms with Crippen LogP contribution >= 0.6 is 0 Å². The second-order valence-corrected chi connectivity index (χ2v) is 11.3. The maximum Gasteiger partial charge on any atom is 0.410 e. The van der Waals surface area contributed by atoms with Gasteiger partial charge in [0.25, 0.3) is 0 Å². The van der Waals surface area contributed by atoms with Gasteiger partial charge in [-0.15, -0.1) is 0 Å². The fraction of sp³-hybridized carbons (Fsp3) is 0.394. The maximum absolute atomic E-state index is 14.2. The fourth-order valence-corrected chi connectivity index (χ4v) is 5.21. The first-order valence-electron chi connectivity index (χ1n) is 13.7. The van der Waals surface area contributed by atoms with Gasteiger partial charge >= 0.3 is 12.1 Å². The number of hydrogen-bond donors (Lipinski definition) is 0. The van der Waals surface area contributed by atoms with E-state index in [0.717, 1.165) is 22.4 Å². The number of carbonyl (C=O) groups excluding carboxylic acids is 2. The van der Waals surface area contributed by atoms with Crippen molar-refractivity contribution in [2.75, 3.05) is 20.8 Å². The number of aryl methyl sites for hydroxylation is 1. The summed E-state index contributed by atoms with van der Waals surface area (Å²) in [6.45, 7) is 9.55. The number of esters is 1. The molecule has 218 valence electrons. The van der Waals surface area contributed by atoms with Crippen molar-refractivity contribution in [1.82, 2.24) is 4.90 Å². The lowest BCUT2D eigenvalue weighted by molar-refractivity contribution is 0.00551. The minimum atomic E-state index is -0.719. The van der Waals surface area contributed by atoms with Crippen LogP contribution in [0.3, 0.4) is 0 Å². The number of halogens is 1. The highest BCUT2D eigenvalue weighted by atomic mass is 19.1. The molecule has 0 saturated heterocycles. The van der Waals surface area contributed by atoms with Crippen LogP contribution in [0.1, 0.15) is 78.7 Å². The van der Waals surface area contributed by atoms with Crippen molar-refractivity contribution in [3.63, 3.8) is 0 Å². The zero-order valence-corrected chi connectivity index (χ0v) is 24.7. The van der Waals surface area contributed by atoms with E-state index in [2.05, 4.69) is 0 Å². The number of carbonyl (C=O) groups is 2. The third-order valence-electron chi connectivity index (χ3n) is 7.32. The number of benzene rings is 3. The van der Waals surface area contributed by atoms with Gasteiger partial charge in [-0.25, -0.2) is 14.0 Å². The van der Waals surface area contributed by atoms with Crippen molar-refractivity contribution in [2.45, 2.75) is 64.7 Å². The highest BCUT2D eigenvalue weighted by molar-refractivity contribution is 5.89. The number of rotatable bonds is 7. The number of para-hydroxylation sites is 1. The van der Waals surface area contributed by atoms with Crippen molar-refractivity contribution in [3.05, 3.63) is 94.3 Å². The molecule has 0 fully saturated rings. The smallest absolute Gasteiger partial charge is 0.410 e. The maximum atomic E-state index is 14.2. The summed E-state index contributed by atoms with van der Waals surface area (Å²) in [5.41, 5.74) is 3.49. The second kappa shape index (κ2) is 12.2. The number of fused-ring (bicyclic) bond motifs is 1. The molecule has 0 N–H and O–H groups in total. The Morgan fingerprint density at radius 2 is 1.78 bits per heavy atom. The van der Waals surface area contributed by atoms with E-state index in [1.54, 1.807) is 23.1 Å². The van der Waals surface area contributed by atoms with Gasteiger partial charge in [-0.1, -0.05) is 30.3 Å². The SMILES string of the molecule is COC(=O)c1ccc(C)c(C2C[C@H](CN(C(=O)OC(C)(C)C)[C@H](C)c3ccc(F)c(OC)c3)Oc3ccccc32)c1. The van der Waals surface area contributed by atoms with Crippen LogP contribution in [-0.2, 0) is 9.47 Å². The molecule has 3 aromatic carbocycles. The van der Waals surface area contributed by atoms with E-state index in [4.69, 9.17) is 18.9 Å². The van der Waals surface area contributed by atoms with Gasteiger partial charge in [0.05, 0.1) is 32.4 Å². The Morgan fingerprint density at radius 3 is 2.46 bits per heavy atom. The Labute approximate surface area is 241 Å². The van der Waals surface area contributed by atoms with Gasteiger partial charge in [-0.05, 0) is 88.1 Å². The monoisotopic (exact) mass is 563 g/mol. The van der Waals surface area contributed by atoms with Crippen LogP contribution < -0.4 is 9.47 Å². The van der Waals surface area contributed by atoms with Gasteiger partial charge in [-0.2, -0.15) is 0 Å². The summed E-state index contributed by atoms with van der Waals surface area (Å²) < 4.78 is 36.6. The average Bonchev–Trinajstić information content (AvgIpc) is 2.94. The largest absolute Gasteiger partial charge is 0.494 e. The van der Waals surface area contributed by atoms with Crippen molar-refractivity contribution in [3.8, 4) is 11.5 Å². The van der Waals surface area contributed by atoms with E-state index in [9.17, 15) is 14.0 Å². The molecule has 3 aromatic rings. The molecule has 3 atom stereocenters. The summed E-state index contributed by atoms with van der Waals surface area (Å²) in [6, 6.07) is 17.5. The first-order chi connectivity index (χ1) is 19.4. The van der Waals surface area contributed by atoms with E-state index in [0.29, 0.717) is 17.5 Å². The van der Waals surface area contributed by atoms with Crippen LogP contribution in [0.25, 0.3) is 0 Å². The summed E-state index contributed by atoms with van der Waals surface area (Å²) in [6.07, 6.45) is -0.342. The highest BCUT2D eigenvalue weighted by Gasteiger charge is 2.35. The number of amides is 1. The number of methoxy groups -OCH3 is 2. The van der Waals surface area contributed by atoms with Crippen LogP contribution in [0.15, 0.2) is 60.7 Å². The molecule has 0 saturated carbocycles. The number of hydrogen-bond acceptors (Lipinski definition) is 6. The zero-order chi connectivity index (χ0) is 29.9. The Kier molecular flexibility index (Phi) is 8.90. The Balaban J connectivity index is 1.71. The molecule has 0 aliphatic carbocycles. The molecule has 1 amide bonds. The van der Waals surface area contributed by atoms with E-state index < -0.39 is 35.6 Å². The molecule has 1 aliphatic heterocycles. The topological polar surface area (TPSA) is 74.3 Å². The van der Waals surface area contributed by atoms with Gasteiger partial charge in [0.1, 0.15) is 17.5 Å². The second-order valence-electron chi connectivity index (χ2n) is 11.3. The lowest BCUT2D eigenvalue weighted by Crippen LogP contribution is -2.45. The normalized spacial score (nSPS) is 17.1. The fourth-order valence-electron chi connectivity index (χ4n) is 5.21. The van der Waals surface area contributed by atoms with Gasteiger partial charge in [0.2, 0.25) is 0 Å². The molecular weight excluding hydrogens is 525 g/mol. The summed E-state index contributed by atoms with van der Waals surface area (Å²) in [4.78, 5) is 27.5. The number of ether oxygens (including phenoxy) is 4. The highest BCUT2D eigenvalue weighted by Crippen LogP contribution is 2.42. The quantitative estimate of drug-likeness (QED) is 0.283. The van der Waals surface area contributed by atoms with Crippen LogP contribution in [0.5, 0.6) is 11.5 Å².